The van der Waals surface area contributed by atoms with Crippen molar-refractivity contribution in [3.63, 3.8) is 0 Å². The third kappa shape index (κ3) is 8.46. The highest BCUT2D eigenvalue weighted by molar-refractivity contribution is 5.87. The predicted octanol–water partition coefficient (Wildman–Crippen LogP) is 5.04. The van der Waals surface area contributed by atoms with Gasteiger partial charge in [-0.3, -0.25) is 14.6 Å². The number of imidazole rings is 2. The summed E-state index contributed by atoms with van der Waals surface area (Å²) in [6.07, 6.45) is 12.0. The molecule has 4 N–H and O–H groups in total. The fourth-order valence-corrected chi connectivity index (χ4v) is 7.95. The van der Waals surface area contributed by atoms with Crippen LogP contribution in [0.2, 0.25) is 0 Å². The number of aromatic nitrogens is 7. The number of hydrogen-bond donors (Lipinski definition) is 4. The van der Waals surface area contributed by atoms with Crippen molar-refractivity contribution in [3.05, 3.63) is 54.8 Å². The summed E-state index contributed by atoms with van der Waals surface area (Å²) in [6.45, 7) is 8.77. The molecule has 57 heavy (non-hydrogen) atoms. The number of amides is 4. The van der Waals surface area contributed by atoms with E-state index < -0.39 is 24.3 Å². The van der Waals surface area contributed by atoms with Gasteiger partial charge in [-0.05, 0) is 67.9 Å². The fraction of sp³-hybridized carbons (Fsp3) is 0.525. The van der Waals surface area contributed by atoms with Gasteiger partial charge in [-0.15, -0.1) is 0 Å². The molecular formula is C40H51N11O6. The quantitative estimate of drug-likeness (QED) is 0.149. The van der Waals surface area contributed by atoms with Gasteiger partial charge in [0.2, 0.25) is 11.8 Å². The van der Waals surface area contributed by atoms with Crippen LogP contribution >= 0.6 is 0 Å². The Hall–Kier alpha value is -5.87. The number of H-pyrrole nitrogens is 2. The maximum Gasteiger partial charge on any atom is 0.407 e. The number of nitrogens with one attached hydrogen (secondary N) is 4. The Labute approximate surface area is 331 Å². The molecule has 2 aliphatic heterocycles. The lowest BCUT2D eigenvalue weighted by atomic mass is 10.0. The van der Waals surface area contributed by atoms with Crippen molar-refractivity contribution in [1.82, 2.24) is 55.3 Å². The topological polar surface area (TPSA) is 213 Å². The van der Waals surface area contributed by atoms with E-state index in [9.17, 15) is 19.2 Å². The molecule has 3 aliphatic rings. The molecule has 17 nitrogen and oxygen atoms in total. The average molecular weight is 782 g/mol. The monoisotopic (exact) mass is 781 g/mol. The average Bonchev–Trinajstić information content (AvgIpc) is 3.65. The van der Waals surface area contributed by atoms with Gasteiger partial charge in [0.25, 0.3) is 0 Å². The summed E-state index contributed by atoms with van der Waals surface area (Å²) in [7, 11) is 2.57. The Balaban J connectivity index is 1.02. The van der Waals surface area contributed by atoms with E-state index in [-0.39, 0.29) is 35.7 Å². The molecule has 2 saturated heterocycles. The highest BCUT2D eigenvalue weighted by atomic mass is 16.5. The van der Waals surface area contributed by atoms with Crippen LogP contribution in [0.4, 0.5) is 9.59 Å². The molecule has 17 heteroatoms. The largest absolute Gasteiger partial charge is 0.453 e. The van der Waals surface area contributed by atoms with E-state index in [1.807, 2.05) is 44.7 Å². The third-order valence-corrected chi connectivity index (χ3v) is 11.3. The van der Waals surface area contributed by atoms with E-state index in [1.165, 1.54) is 27.1 Å². The van der Waals surface area contributed by atoms with Crippen LogP contribution in [0.3, 0.4) is 0 Å². The van der Waals surface area contributed by atoms with Crippen LogP contribution in [-0.2, 0) is 19.1 Å². The van der Waals surface area contributed by atoms with E-state index in [1.54, 1.807) is 35.9 Å². The van der Waals surface area contributed by atoms with Crippen molar-refractivity contribution in [2.45, 2.75) is 84.0 Å². The van der Waals surface area contributed by atoms with Crippen molar-refractivity contribution in [3.8, 4) is 34.0 Å². The minimum atomic E-state index is -0.718. The SMILES string of the molecule is COC(=O)N[C@H](C(=O)N1CCC[C@H]1c1ncc(-c2ccc(-c3cnc(-c4cnc([C@@H]5C[C@H](C6CC6)CN5C(=O)[C@@H](NC(=O)OC)C(C)C)[nH]4)nc3)nc2)[nH]1)C(C)C. The number of ether oxygens (including phenoxy) is 2. The zero-order chi connectivity index (χ0) is 40.4. The Kier molecular flexibility index (Phi) is 11.5. The molecule has 0 aromatic carbocycles. The van der Waals surface area contributed by atoms with Crippen molar-refractivity contribution in [2.75, 3.05) is 27.3 Å². The van der Waals surface area contributed by atoms with Crippen LogP contribution in [-0.4, -0.2) is 108 Å². The number of hydrogen-bond acceptors (Lipinski definition) is 11. The van der Waals surface area contributed by atoms with Gasteiger partial charge in [-0.25, -0.2) is 29.5 Å². The summed E-state index contributed by atoms with van der Waals surface area (Å²) in [5, 5.41) is 5.41. The molecule has 5 atom stereocenters. The lowest BCUT2D eigenvalue weighted by molar-refractivity contribution is -0.136. The molecular weight excluding hydrogens is 731 g/mol. The van der Waals surface area contributed by atoms with Gasteiger partial charge >= 0.3 is 12.2 Å². The minimum absolute atomic E-state index is 0.122. The first-order valence-corrected chi connectivity index (χ1v) is 19.6. The van der Waals surface area contributed by atoms with Gasteiger partial charge in [-0.1, -0.05) is 27.7 Å². The molecule has 4 amide bonds. The maximum absolute atomic E-state index is 13.9. The smallest absolute Gasteiger partial charge is 0.407 e. The van der Waals surface area contributed by atoms with Crippen LogP contribution in [0, 0.1) is 23.7 Å². The van der Waals surface area contributed by atoms with E-state index in [0.717, 1.165) is 36.1 Å². The predicted molar refractivity (Wildman–Crippen MR) is 208 cm³/mol. The number of pyridine rings is 1. The van der Waals surface area contributed by atoms with Crippen LogP contribution in [0.5, 0.6) is 0 Å². The number of methoxy groups -OCH3 is 2. The number of carbonyl (C=O) groups excluding carboxylic acids is 4. The summed E-state index contributed by atoms with van der Waals surface area (Å²) in [6, 6.07) is 1.90. The first kappa shape index (κ1) is 39.4. The molecule has 1 saturated carbocycles. The first-order chi connectivity index (χ1) is 27.4. The van der Waals surface area contributed by atoms with Crippen LogP contribution in [0.15, 0.2) is 43.1 Å². The van der Waals surface area contributed by atoms with Gasteiger partial charge < -0.3 is 39.9 Å². The lowest BCUT2D eigenvalue weighted by Crippen LogP contribution is -2.51. The summed E-state index contributed by atoms with van der Waals surface area (Å²) < 4.78 is 9.55. The van der Waals surface area contributed by atoms with Crippen molar-refractivity contribution >= 4 is 24.0 Å². The molecule has 1 aliphatic carbocycles. The zero-order valence-electron chi connectivity index (χ0n) is 33.2. The molecule has 0 radical (unpaired) electrons. The maximum atomic E-state index is 13.9. The number of alkyl carbamates (subject to hydrolysis) is 2. The molecule has 6 heterocycles. The summed E-state index contributed by atoms with van der Waals surface area (Å²) in [4.78, 5) is 85.1. The molecule has 4 aromatic heterocycles. The second-order valence-electron chi connectivity index (χ2n) is 15.8. The third-order valence-electron chi connectivity index (χ3n) is 11.3. The molecule has 4 aromatic rings. The van der Waals surface area contributed by atoms with E-state index in [0.29, 0.717) is 53.8 Å². The van der Waals surface area contributed by atoms with Crippen LogP contribution in [0.25, 0.3) is 34.0 Å². The number of nitrogens with zero attached hydrogens (tertiary/aromatic N) is 7. The van der Waals surface area contributed by atoms with E-state index in [4.69, 9.17) is 9.47 Å². The summed E-state index contributed by atoms with van der Waals surface area (Å²) in [5.41, 5.74) is 3.64. The Morgan fingerprint density at radius 2 is 1.26 bits per heavy atom. The minimum Gasteiger partial charge on any atom is -0.453 e. The zero-order valence-corrected chi connectivity index (χ0v) is 33.2. The highest BCUT2D eigenvalue weighted by Gasteiger charge is 2.46. The second kappa shape index (κ2) is 16.7. The number of rotatable bonds is 12. The van der Waals surface area contributed by atoms with Gasteiger partial charge in [0.1, 0.15) is 29.4 Å². The Morgan fingerprint density at radius 3 is 1.84 bits per heavy atom. The van der Waals surface area contributed by atoms with Crippen molar-refractivity contribution < 1.29 is 28.7 Å². The Bertz CT molecular complexity index is 2060. The molecule has 3 fully saturated rings. The fourth-order valence-electron chi connectivity index (χ4n) is 7.95. The summed E-state index contributed by atoms with van der Waals surface area (Å²) in [5.74, 6) is 2.21. The Morgan fingerprint density at radius 1 is 0.684 bits per heavy atom. The first-order valence-electron chi connectivity index (χ1n) is 19.6. The molecule has 0 unspecified atom stereocenters. The van der Waals surface area contributed by atoms with Gasteiger partial charge in [0.15, 0.2) is 5.82 Å². The molecule has 0 bridgehead atoms. The second-order valence-corrected chi connectivity index (χ2v) is 15.8. The number of aromatic amines is 2. The van der Waals surface area contributed by atoms with Crippen molar-refractivity contribution in [2.24, 2.45) is 23.7 Å². The number of likely N-dealkylation sites (tertiary alicyclic amines) is 2. The highest BCUT2D eigenvalue weighted by Crippen LogP contribution is 2.47. The van der Waals surface area contributed by atoms with E-state index in [2.05, 4.69) is 45.5 Å². The molecule has 302 valence electrons. The summed E-state index contributed by atoms with van der Waals surface area (Å²) >= 11 is 0. The van der Waals surface area contributed by atoms with E-state index >= 15 is 0 Å². The lowest BCUT2D eigenvalue weighted by Gasteiger charge is -2.30. The molecule has 7 rings (SSSR count). The number of carbonyl (C=O) groups is 4. The van der Waals surface area contributed by atoms with Crippen LogP contribution in [0.1, 0.15) is 83.5 Å². The van der Waals surface area contributed by atoms with Crippen LogP contribution < -0.4 is 10.6 Å². The normalized spacial score (nSPS) is 20.5. The van der Waals surface area contributed by atoms with Gasteiger partial charge in [-0.2, -0.15) is 0 Å². The van der Waals surface area contributed by atoms with Gasteiger partial charge in [0.05, 0.1) is 50.1 Å². The standard InChI is InChI=1S/C40H51N11O6/c1-21(2)32(48-39(54)56-5)37(52)50-13-7-8-30(50)35-44-18-28(46-35)24-11-12-27(41-15-24)26-16-42-34(43-17-26)29-19-45-36(47-29)31-14-25(23-9-10-23)20-51(31)38(53)33(22(3)4)49-40(55)57-6/h11-12,15-19,21-23,25,30-33H,7-10,13-14,20H2,1-6H3,(H,44,46)(H,45,47)(H,48,54)(H,49,55)/t25-,30-,31-,32-,33-/m0/s1. The van der Waals surface area contributed by atoms with Crippen molar-refractivity contribution in [1.29, 1.82) is 0 Å². The van der Waals surface area contributed by atoms with Gasteiger partial charge in [0, 0.05) is 42.8 Å². The molecule has 0 spiro atoms.